The number of rotatable bonds is 3. The smallest absolute Gasteiger partial charge is 0.358 e. The maximum Gasteiger partial charge on any atom is 0.358 e. The molecule has 0 atom stereocenters. The number of thiophene rings is 1. The summed E-state index contributed by atoms with van der Waals surface area (Å²) in [5.41, 5.74) is 0.478. The molecule has 0 aliphatic carbocycles. The molecule has 0 unspecified atom stereocenters. The number of oxazole rings is 1. The van der Waals surface area contributed by atoms with Crippen LogP contribution in [0, 0.1) is 0 Å². The third-order valence-corrected chi connectivity index (χ3v) is 4.82. The highest BCUT2D eigenvalue weighted by Crippen LogP contribution is 2.34. The molecule has 7 heteroatoms. The zero-order chi connectivity index (χ0) is 15.0. The number of carboxylic acids is 1. The van der Waals surface area contributed by atoms with Gasteiger partial charge in [0.25, 0.3) is 0 Å². The number of carbonyl (C=O) groups is 1. The van der Waals surface area contributed by atoms with Crippen molar-refractivity contribution < 1.29 is 14.3 Å². The van der Waals surface area contributed by atoms with Gasteiger partial charge in [-0.3, -0.25) is 0 Å². The first-order chi connectivity index (χ1) is 10.1. The minimum atomic E-state index is -1.14. The molecule has 2 aromatic heterocycles. The van der Waals surface area contributed by atoms with Crippen molar-refractivity contribution >= 4 is 44.8 Å². The molecule has 0 saturated heterocycles. The van der Waals surface area contributed by atoms with Crippen LogP contribution in [0.4, 0.5) is 0 Å². The minimum Gasteiger partial charge on any atom is -0.476 e. The van der Waals surface area contributed by atoms with Crippen molar-refractivity contribution in [3.63, 3.8) is 0 Å². The van der Waals surface area contributed by atoms with Crippen molar-refractivity contribution in [2.75, 3.05) is 0 Å². The van der Waals surface area contributed by atoms with Gasteiger partial charge < -0.3 is 9.52 Å². The quantitative estimate of drug-likeness (QED) is 0.675. The second-order valence-corrected chi connectivity index (χ2v) is 6.32. The molecule has 0 spiro atoms. The van der Waals surface area contributed by atoms with Crippen LogP contribution in [0.25, 0.3) is 22.1 Å². The van der Waals surface area contributed by atoms with Crippen molar-refractivity contribution in [1.29, 1.82) is 0 Å². The fourth-order valence-electron chi connectivity index (χ4n) is 1.80. The first-order valence-electron chi connectivity index (χ1n) is 5.79. The zero-order valence-corrected chi connectivity index (χ0v) is 13.5. The van der Waals surface area contributed by atoms with Gasteiger partial charge in [-0.15, -0.1) is 11.3 Å². The van der Waals surface area contributed by atoms with Crippen molar-refractivity contribution in [1.82, 2.24) is 4.98 Å². The molecular weight excluding hydrogens is 378 g/mol. The molecule has 4 nitrogen and oxygen atoms in total. The van der Waals surface area contributed by atoms with Crippen LogP contribution in [0.1, 0.15) is 10.5 Å². The maximum atomic E-state index is 11.4. The second-order valence-electron chi connectivity index (χ2n) is 4.11. The molecular formula is C14H7BrClNO3S. The average molecular weight is 385 g/mol. The molecule has 2 heterocycles. The number of nitrogens with zero attached hydrogens (tertiary/aromatic N) is 1. The van der Waals surface area contributed by atoms with Gasteiger partial charge in [-0.05, 0) is 45.6 Å². The van der Waals surface area contributed by atoms with E-state index >= 15 is 0 Å². The Morgan fingerprint density at radius 3 is 2.81 bits per heavy atom. The van der Waals surface area contributed by atoms with Gasteiger partial charge >= 0.3 is 5.97 Å². The molecule has 1 aromatic carbocycles. The second kappa shape index (κ2) is 5.63. The lowest BCUT2D eigenvalue weighted by molar-refractivity contribution is 0.0691. The molecule has 0 amide bonds. The van der Waals surface area contributed by atoms with E-state index in [9.17, 15) is 9.90 Å². The molecule has 0 bridgehead atoms. The Bertz CT molecular complexity index is 814. The lowest BCUT2D eigenvalue weighted by Crippen LogP contribution is -1.98. The summed E-state index contributed by atoms with van der Waals surface area (Å²) in [6.07, 6.45) is 0. The molecule has 0 saturated carbocycles. The summed E-state index contributed by atoms with van der Waals surface area (Å²) in [7, 11) is 0. The average Bonchev–Trinajstić information content (AvgIpc) is 3.09. The van der Waals surface area contributed by atoms with Gasteiger partial charge in [0.05, 0.1) is 9.90 Å². The van der Waals surface area contributed by atoms with E-state index in [0.717, 1.165) is 4.88 Å². The van der Waals surface area contributed by atoms with Crippen molar-refractivity contribution in [2.24, 2.45) is 0 Å². The highest BCUT2D eigenvalue weighted by molar-refractivity contribution is 9.10. The Balaban J connectivity index is 2.16. The Morgan fingerprint density at radius 2 is 2.19 bits per heavy atom. The summed E-state index contributed by atoms with van der Waals surface area (Å²) in [6.45, 7) is 0. The largest absolute Gasteiger partial charge is 0.476 e. The highest BCUT2D eigenvalue weighted by atomic mass is 79.9. The van der Waals surface area contributed by atoms with E-state index in [2.05, 4.69) is 20.9 Å². The summed E-state index contributed by atoms with van der Waals surface area (Å²) < 4.78 is 6.32. The minimum absolute atomic E-state index is 0.118. The maximum absolute atomic E-state index is 11.4. The molecule has 0 aliphatic rings. The van der Waals surface area contributed by atoms with Crippen LogP contribution in [0.5, 0.6) is 0 Å². The number of aromatic nitrogens is 1. The summed E-state index contributed by atoms with van der Waals surface area (Å²) in [6, 6.07) is 8.73. The van der Waals surface area contributed by atoms with Crippen LogP contribution in [-0.4, -0.2) is 16.1 Å². The number of carboxylic acid groups (broad SMARTS) is 1. The van der Waals surface area contributed by atoms with E-state index in [1.807, 2.05) is 17.5 Å². The van der Waals surface area contributed by atoms with Crippen LogP contribution in [0.15, 0.2) is 44.6 Å². The van der Waals surface area contributed by atoms with Gasteiger partial charge in [-0.25, -0.2) is 9.78 Å². The number of hydrogen-bond donors (Lipinski definition) is 1. The van der Waals surface area contributed by atoms with Crippen LogP contribution >= 0.6 is 38.9 Å². The van der Waals surface area contributed by atoms with Gasteiger partial charge in [0.2, 0.25) is 5.89 Å². The molecule has 0 radical (unpaired) electrons. The SMILES string of the molecule is O=C(O)c1nc(-c2cccs2)oc1-c1ccc(Cl)c(Br)c1. The van der Waals surface area contributed by atoms with Crippen molar-refractivity contribution in [3.05, 3.63) is 50.9 Å². The molecule has 1 N–H and O–H groups in total. The van der Waals surface area contributed by atoms with Crippen LogP contribution in [-0.2, 0) is 0 Å². The van der Waals surface area contributed by atoms with Gasteiger partial charge in [0.15, 0.2) is 11.5 Å². The van der Waals surface area contributed by atoms with Crippen molar-refractivity contribution in [2.45, 2.75) is 0 Å². The summed E-state index contributed by atoms with van der Waals surface area (Å²) >= 11 is 10.7. The molecule has 106 valence electrons. The van der Waals surface area contributed by atoms with E-state index in [1.54, 1.807) is 18.2 Å². The molecule has 21 heavy (non-hydrogen) atoms. The van der Waals surface area contributed by atoms with Gasteiger partial charge in [0, 0.05) is 10.0 Å². The number of benzene rings is 1. The Labute approximate surface area is 137 Å². The Hall–Kier alpha value is -1.63. The first kappa shape index (κ1) is 14.3. The summed E-state index contributed by atoms with van der Waals surface area (Å²) in [5, 5.41) is 11.7. The third-order valence-electron chi connectivity index (χ3n) is 2.74. The van der Waals surface area contributed by atoms with E-state index in [1.165, 1.54) is 11.3 Å². The van der Waals surface area contributed by atoms with Crippen LogP contribution in [0.2, 0.25) is 5.02 Å². The first-order valence-corrected chi connectivity index (χ1v) is 7.84. The Morgan fingerprint density at radius 1 is 1.38 bits per heavy atom. The lowest BCUT2D eigenvalue weighted by atomic mass is 10.1. The standard InChI is InChI=1S/C14H7BrClNO3S/c15-8-6-7(3-4-9(8)16)12-11(14(18)19)17-13(20-12)10-2-1-5-21-10/h1-6H,(H,18,19). The molecule has 0 aliphatic heterocycles. The van der Waals surface area contributed by atoms with E-state index in [0.29, 0.717) is 20.9 Å². The molecule has 0 fully saturated rings. The lowest BCUT2D eigenvalue weighted by Gasteiger charge is -2.00. The fraction of sp³-hybridized carbons (Fsp3) is 0. The van der Waals surface area contributed by atoms with Crippen LogP contribution < -0.4 is 0 Å². The third kappa shape index (κ3) is 2.74. The molecule has 3 rings (SSSR count). The van der Waals surface area contributed by atoms with Crippen LogP contribution in [0.3, 0.4) is 0 Å². The number of aromatic carboxylic acids is 1. The highest BCUT2D eigenvalue weighted by Gasteiger charge is 2.22. The summed E-state index contributed by atoms with van der Waals surface area (Å²) in [4.78, 5) is 16.2. The number of halogens is 2. The van der Waals surface area contributed by atoms with E-state index in [-0.39, 0.29) is 11.5 Å². The number of hydrogen-bond acceptors (Lipinski definition) is 4. The van der Waals surface area contributed by atoms with Gasteiger partial charge in [-0.2, -0.15) is 0 Å². The van der Waals surface area contributed by atoms with E-state index < -0.39 is 5.97 Å². The fourth-order valence-corrected chi connectivity index (χ4v) is 2.95. The topological polar surface area (TPSA) is 63.3 Å². The van der Waals surface area contributed by atoms with Gasteiger partial charge in [0.1, 0.15) is 0 Å². The predicted molar refractivity (Wildman–Crippen MR) is 84.9 cm³/mol. The van der Waals surface area contributed by atoms with Gasteiger partial charge in [-0.1, -0.05) is 17.7 Å². The monoisotopic (exact) mass is 383 g/mol. The summed E-state index contributed by atoms with van der Waals surface area (Å²) in [5.74, 6) is -0.630. The predicted octanol–water partition coefficient (Wildman–Crippen LogP) is 5.18. The molecule has 3 aromatic rings. The normalized spacial score (nSPS) is 10.8. The van der Waals surface area contributed by atoms with E-state index in [4.69, 9.17) is 16.0 Å². The van der Waals surface area contributed by atoms with Crippen molar-refractivity contribution in [3.8, 4) is 22.1 Å². The zero-order valence-electron chi connectivity index (χ0n) is 10.3. The Kier molecular flexibility index (Phi) is 3.84.